The maximum absolute atomic E-state index is 5.57. The van der Waals surface area contributed by atoms with Gasteiger partial charge in [-0.3, -0.25) is 0 Å². The Morgan fingerprint density at radius 3 is 3.20 bits per heavy atom. The lowest BCUT2D eigenvalue weighted by molar-refractivity contribution is 0.598. The van der Waals surface area contributed by atoms with Crippen LogP contribution < -0.4 is 11.1 Å². The number of nitrogens with one attached hydrogen (secondary N) is 1. The third-order valence-electron chi connectivity index (χ3n) is 2.94. The normalized spacial score (nSPS) is 24.3. The average Bonchev–Trinajstić information content (AvgIpc) is 2.80. The topological polar surface area (TPSA) is 50.9 Å². The monoisotopic (exact) mass is 225 g/mol. The van der Waals surface area contributed by atoms with E-state index < -0.39 is 0 Å². The van der Waals surface area contributed by atoms with Crippen LogP contribution in [0.15, 0.2) is 5.38 Å². The van der Waals surface area contributed by atoms with Gasteiger partial charge < -0.3 is 11.1 Å². The Morgan fingerprint density at radius 2 is 2.53 bits per heavy atom. The molecule has 1 saturated carbocycles. The summed E-state index contributed by atoms with van der Waals surface area (Å²) < 4.78 is 0. The molecule has 0 radical (unpaired) electrons. The molecule has 1 heterocycles. The number of rotatable bonds is 6. The van der Waals surface area contributed by atoms with E-state index in [0.29, 0.717) is 5.13 Å². The molecule has 0 aliphatic heterocycles. The average molecular weight is 225 g/mol. The smallest absolute Gasteiger partial charge is 0.180 e. The largest absolute Gasteiger partial charge is 0.375 e. The van der Waals surface area contributed by atoms with Crippen LogP contribution in [0.4, 0.5) is 5.13 Å². The molecule has 0 saturated heterocycles. The Morgan fingerprint density at radius 1 is 1.67 bits per heavy atom. The van der Waals surface area contributed by atoms with Gasteiger partial charge in [-0.25, -0.2) is 4.98 Å². The summed E-state index contributed by atoms with van der Waals surface area (Å²) in [4.78, 5) is 4.24. The quantitative estimate of drug-likeness (QED) is 0.779. The van der Waals surface area contributed by atoms with Gasteiger partial charge in [-0.2, -0.15) is 0 Å². The van der Waals surface area contributed by atoms with E-state index >= 15 is 0 Å². The molecule has 84 valence electrons. The van der Waals surface area contributed by atoms with Gasteiger partial charge in [0, 0.05) is 24.4 Å². The van der Waals surface area contributed by atoms with Crippen LogP contribution in [0.25, 0.3) is 0 Å². The predicted molar refractivity (Wildman–Crippen MR) is 65.0 cm³/mol. The fourth-order valence-corrected chi connectivity index (χ4v) is 2.61. The summed E-state index contributed by atoms with van der Waals surface area (Å²) >= 11 is 1.53. The van der Waals surface area contributed by atoms with Crippen LogP contribution >= 0.6 is 11.3 Å². The van der Waals surface area contributed by atoms with E-state index in [4.69, 9.17) is 5.73 Å². The number of aromatic nitrogens is 1. The summed E-state index contributed by atoms with van der Waals surface area (Å²) in [7, 11) is 0. The van der Waals surface area contributed by atoms with Crippen molar-refractivity contribution in [1.82, 2.24) is 10.3 Å². The van der Waals surface area contributed by atoms with Gasteiger partial charge in [0.15, 0.2) is 5.13 Å². The molecular weight excluding hydrogens is 206 g/mol. The summed E-state index contributed by atoms with van der Waals surface area (Å²) in [6.07, 6.45) is 5.06. The molecule has 2 unspecified atom stereocenters. The molecule has 3 nitrogen and oxygen atoms in total. The van der Waals surface area contributed by atoms with Crippen molar-refractivity contribution in [3.8, 4) is 0 Å². The van der Waals surface area contributed by atoms with E-state index in [1.807, 2.05) is 5.38 Å². The predicted octanol–water partition coefficient (Wildman–Crippen LogP) is 2.05. The summed E-state index contributed by atoms with van der Waals surface area (Å²) in [5.74, 6) is 0.940. The number of thiazole rings is 1. The molecule has 0 aromatic carbocycles. The van der Waals surface area contributed by atoms with Crippen LogP contribution in [0.1, 0.15) is 31.9 Å². The number of nitrogens with two attached hydrogens (primary N) is 1. The van der Waals surface area contributed by atoms with E-state index in [0.717, 1.165) is 30.6 Å². The first kappa shape index (κ1) is 10.9. The van der Waals surface area contributed by atoms with Gasteiger partial charge in [0.05, 0.1) is 5.69 Å². The van der Waals surface area contributed by atoms with Crippen molar-refractivity contribution in [1.29, 1.82) is 0 Å². The number of hydrogen-bond donors (Lipinski definition) is 2. The minimum atomic E-state index is 0.681. The molecule has 2 atom stereocenters. The highest BCUT2D eigenvalue weighted by molar-refractivity contribution is 7.13. The van der Waals surface area contributed by atoms with Gasteiger partial charge in [0.25, 0.3) is 0 Å². The Kier molecular flexibility index (Phi) is 3.59. The van der Waals surface area contributed by atoms with Crippen molar-refractivity contribution in [3.63, 3.8) is 0 Å². The molecule has 2 rings (SSSR count). The van der Waals surface area contributed by atoms with Crippen molar-refractivity contribution in [2.24, 2.45) is 5.92 Å². The zero-order valence-corrected chi connectivity index (χ0v) is 10.0. The zero-order valence-electron chi connectivity index (χ0n) is 9.20. The summed E-state index contributed by atoms with van der Waals surface area (Å²) in [6.45, 7) is 3.29. The maximum Gasteiger partial charge on any atom is 0.180 e. The Labute approximate surface area is 95.1 Å². The van der Waals surface area contributed by atoms with Crippen LogP contribution in [0, 0.1) is 5.92 Å². The van der Waals surface area contributed by atoms with Crippen LogP contribution in [-0.4, -0.2) is 17.6 Å². The summed E-state index contributed by atoms with van der Waals surface area (Å²) in [6, 6.07) is 0.779. The maximum atomic E-state index is 5.57. The summed E-state index contributed by atoms with van der Waals surface area (Å²) in [5.41, 5.74) is 6.69. The van der Waals surface area contributed by atoms with Crippen molar-refractivity contribution in [2.75, 3.05) is 12.3 Å². The highest BCUT2D eigenvalue weighted by Gasteiger charge is 2.34. The van der Waals surface area contributed by atoms with Gasteiger partial charge in [0.1, 0.15) is 0 Å². The number of nitrogens with zero attached hydrogens (tertiary/aromatic N) is 1. The molecule has 0 spiro atoms. The Bertz CT molecular complexity index is 311. The van der Waals surface area contributed by atoms with Gasteiger partial charge in [-0.15, -0.1) is 11.3 Å². The molecular formula is C11H19N3S. The fraction of sp³-hybridized carbons (Fsp3) is 0.727. The van der Waals surface area contributed by atoms with E-state index in [9.17, 15) is 0 Å². The van der Waals surface area contributed by atoms with Gasteiger partial charge in [-0.1, -0.05) is 13.3 Å². The van der Waals surface area contributed by atoms with E-state index in [1.165, 1.54) is 30.6 Å². The molecule has 4 heteroatoms. The van der Waals surface area contributed by atoms with E-state index in [2.05, 4.69) is 17.2 Å². The summed E-state index contributed by atoms with van der Waals surface area (Å²) in [5, 5.41) is 6.30. The van der Waals surface area contributed by atoms with Gasteiger partial charge in [0.2, 0.25) is 0 Å². The van der Waals surface area contributed by atoms with Crippen LogP contribution in [-0.2, 0) is 6.42 Å². The van der Waals surface area contributed by atoms with Crippen LogP contribution in [0.5, 0.6) is 0 Å². The van der Waals surface area contributed by atoms with E-state index in [1.54, 1.807) is 0 Å². The number of nitrogen functional groups attached to an aromatic ring is 1. The molecule has 3 N–H and O–H groups in total. The molecule has 1 aliphatic carbocycles. The molecule has 1 aromatic rings. The van der Waals surface area contributed by atoms with Crippen molar-refractivity contribution >= 4 is 16.5 Å². The lowest BCUT2D eigenvalue weighted by Gasteiger charge is -2.01. The van der Waals surface area contributed by atoms with Crippen LogP contribution in [0.3, 0.4) is 0 Å². The highest BCUT2D eigenvalue weighted by atomic mass is 32.1. The Balaban J connectivity index is 1.60. The first-order valence-electron chi connectivity index (χ1n) is 5.73. The molecule has 0 bridgehead atoms. The second kappa shape index (κ2) is 4.94. The van der Waals surface area contributed by atoms with Crippen molar-refractivity contribution in [2.45, 2.75) is 38.6 Å². The molecule has 1 aromatic heterocycles. The standard InChI is InChI=1S/C11H19N3S/c1-2-3-8-6-10(8)13-5-4-9-7-15-11(12)14-9/h7-8,10,13H,2-6H2,1H3,(H2,12,14). The Hall–Kier alpha value is -0.610. The van der Waals surface area contributed by atoms with Gasteiger partial charge in [-0.05, 0) is 18.8 Å². The van der Waals surface area contributed by atoms with Crippen LogP contribution in [0.2, 0.25) is 0 Å². The molecule has 1 aliphatic rings. The second-order valence-electron chi connectivity index (χ2n) is 4.27. The zero-order chi connectivity index (χ0) is 10.7. The van der Waals surface area contributed by atoms with Crippen molar-refractivity contribution < 1.29 is 0 Å². The minimum Gasteiger partial charge on any atom is -0.375 e. The minimum absolute atomic E-state index is 0.681. The third kappa shape index (κ3) is 3.18. The molecule has 0 amide bonds. The SMILES string of the molecule is CCCC1CC1NCCc1csc(N)n1. The third-order valence-corrected chi connectivity index (χ3v) is 3.66. The van der Waals surface area contributed by atoms with Crippen molar-refractivity contribution in [3.05, 3.63) is 11.1 Å². The number of hydrogen-bond acceptors (Lipinski definition) is 4. The number of anilines is 1. The molecule has 1 fully saturated rings. The van der Waals surface area contributed by atoms with E-state index in [-0.39, 0.29) is 0 Å². The lowest BCUT2D eigenvalue weighted by Crippen LogP contribution is -2.21. The molecule has 15 heavy (non-hydrogen) atoms. The van der Waals surface area contributed by atoms with Gasteiger partial charge >= 0.3 is 0 Å². The first-order valence-corrected chi connectivity index (χ1v) is 6.61. The lowest BCUT2D eigenvalue weighted by atomic mass is 10.2. The highest BCUT2D eigenvalue weighted by Crippen LogP contribution is 2.34. The second-order valence-corrected chi connectivity index (χ2v) is 5.16. The first-order chi connectivity index (χ1) is 7.29. The fourth-order valence-electron chi connectivity index (χ4n) is 2.01.